The number of carbonyl (C=O) groups excluding carboxylic acids is 2. The van der Waals surface area contributed by atoms with Gasteiger partial charge in [0.2, 0.25) is 11.8 Å². The van der Waals surface area contributed by atoms with Crippen LogP contribution in [0.3, 0.4) is 0 Å². The van der Waals surface area contributed by atoms with Crippen molar-refractivity contribution in [1.82, 2.24) is 4.90 Å². The average molecular weight is 385 g/mol. The van der Waals surface area contributed by atoms with E-state index in [0.29, 0.717) is 13.1 Å². The molecule has 2 amide bonds. The van der Waals surface area contributed by atoms with E-state index in [1.807, 2.05) is 13.8 Å². The number of halogens is 3. The van der Waals surface area contributed by atoms with E-state index in [0.717, 1.165) is 4.90 Å². The summed E-state index contributed by atoms with van der Waals surface area (Å²) in [5.74, 6) is -1.46. The zero-order valence-electron chi connectivity index (χ0n) is 15.1. The minimum Gasteiger partial charge on any atom is -0.373 e. The fourth-order valence-corrected chi connectivity index (χ4v) is 3.68. The average Bonchev–Trinajstić information content (AvgIpc) is 2.69. The first-order chi connectivity index (χ1) is 12.6. The third kappa shape index (κ3) is 4.41. The van der Waals surface area contributed by atoms with Gasteiger partial charge in [-0.1, -0.05) is 12.1 Å². The van der Waals surface area contributed by atoms with E-state index in [1.54, 1.807) is 17.0 Å². The van der Waals surface area contributed by atoms with Crippen molar-refractivity contribution in [1.29, 1.82) is 0 Å². The van der Waals surface area contributed by atoms with Gasteiger partial charge in [0.05, 0.1) is 36.5 Å². The van der Waals surface area contributed by atoms with Gasteiger partial charge >= 0.3 is 6.18 Å². The van der Waals surface area contributed by atoms with E-state index in [2.05, 4.69) is 5.32 Å². The van der Waals surface area contributed by atoms with Gasteiger partial charge in [0.25, 0.3) is 0 Å². The normalized spacial score (nSPS) is 26.9. The molecule has 1 saturated heterocycles. The van der Waals surface area contributed by atoms with Gasteiger partial charge in [0.15, 0.2) is 0 Å². The quantitative estimate of drug-likeness (QED) is 0.849. The Morgan fingerprint density at radius 3 is 2.48 bits per heavy atom. The van der Waals surface area contributed by atoms with Gasteiger partial charge in [-0.25, -0.2) is 0 Å². The fraction of sp³-hybridized carbons (Fsp3) is 0.556. The van der Waals surface area contributed by atoms with Gasteiger partial charge < -0.3 is 10.1 Å². The number of nitrogens with one attached hydrogen (secondary N) is 1. The number of alkyl halides is 3. The lowest BCUT2D eigenvalue weighted by Gasteiger charge is -2.37. The van der Waals surface area contributed by atoms with E-state index in [1.165, 1.54) is 12.1 Å². The van der Waals surface area contributed by atoms with Crippen molar-refractivity contribution in [2.24, 2.45) is 0 Å². The maximum absolute atomic E-state index is 13.7. The molecule has 0 radical (unpaired) electrons. The zero-order chi connectivity index (χ0) is 19.8. The highest BCUT2D eigenvalue weighted by molar-refractivity contribution is 6.05. The predicted octanol–water partition coefficient (Wildman–Crippen LogP) is 2.40. The van der Waals surface area contributed by atoms with Crippen molar-refractivity contribution in [3.63, 3.8) is 0 Å². The Kier molecular flexibility index (Phi) is 5.43. The maximum atomic E-state index is 13.7. The van der Waals surface area contributed by atoms with Crippen molar-refractivity contribution >= 4 is 23.2 Å². The second kappa shape index (κ2) is 7.47. The number of carbonyl (C=O) groups is 2. The summed E-state index contributed by atoms with van der Waals surface area (Å²) in [6.07, 6.45) is -5.78. The molecular weight excluding hydrogens is 363 g/mol. The SMILES string of the molecule is C[C@@H]1CN(CC(=O)N2c3ccccc3NC(=O)C[C@H]2C(F)(F)F)C[C@@H](C)O1. The molecule has 0 aromatic heterocycles. The number of morpholine rings is 1. The van der Waals surface area contributed by atoms with Crippen LogP contribution in [0.2, 0.25) is 0 Å². The predicted molar refractivity (Wildman–Crippen MR) is 93.5 cm³/mol. The van der Waals surface area contributed by atoms with E-state index < -0.39 is 30.5 Å². The van der Waals surface area contributed by atoms with Crippen LogP contribution in [0.5, 0.6) is 0 Å². The first-order valence-corrected chi connectivity index (χ1v) is 8.80. The molecule has 3 rings (SSSR count). The van der Waals surface area contributed by atoms with Gasteiger partial charge in [-0.3, -0.25) is 19.4 Å². The number of hydrogen-bond acceptors (Lipinski definition) is 4. The lowest BCUT2D eigenvalue weighted by atomic mass is 10.1. The van der Waals surface area contributed by atoms with Gasteiger partial charge in [0.1, 0.15) is 6.04 Å². The third-order valence-corrected chi connectivity index (χ3v) is 4.63. The van der Waals surface area contributed by atoms with E-state index >= 15 is 0 Å². The van der Waals surface area contributed by atoms with Crippen LogP contribution in [-0.2, 0) is 14.3 Å². The summed E-state index contributed by atoms with van der Waals surface area (Å²) in [5, 5.41) is 2.46. The zero-order valence-corrected chi connectivity index (χ0v) is 15.1. The Morgan fingerprint density at radius 1 is 1.22 bits per heavy atom. The summed E-state index contributed by atoms with van der Waals surface area (Å²) in [7, 11) is 0. The lowest BCUT2D eigenvalue weighted by molar-refractivity contribution is -0.158. The number of hydrogen-bond donors (Lipinski definition) is 1. The minimum atomic E-state index is -4.73. The number of rotatable bonds is 2. The highest BCUT2D eigenvalue weighted by Gasteiger charge is 2.49. The monoisotopic (exact) mass is 385 g/mol. The van der Waals surface area contributed by atoms with E-state index in [-0.39, 0.29) is 30.1 Å². The molecule has 0 spiro atoms. The molecule has 27 heavy (non-hydrogen) atoms. The van der Waals surface area contributed by atoms with Crippen LogP contribution in [0.15, 0.2) is 24.3 Å². The molecule has 6 nitrogen and oxygen atoms in total. The molecule has 1 N–H and O–H groups in total. The van der Waals surface area contributed by atoms with Crippen LogP contribution >= 0.6 is 0 Å². The summed E-state index contributed by atoms with van der Waals surface area (Å²) in [6.45, 7) is 4.46. The third-order valence-electron chi connectivity index (χ3n) is 4.63. The van der Waals surface area contributed by atoms with Gasteiger partial charge in [-0.15, -0.1) is 0 Å². The Bertz CT molecular complexity index is 715. The molecule has 2 heterocycles. The van der Waals surface area contributed by atoms with Crippen molar-refractivity contribution in [3.05, 3.63) is 24.3 Å². The number of para-hydroxylation sites is 2. The second-order valence-corrected chi connectivity index (χ2v) is 7.04. The fourth-order valence-electron chi connectivity index (χ4n) is 3.68. The van der Waals surface area contributed by atoms with Crippen LogP contribution < -0.4 is 10.2 Å². The molecule has 0 unspecified atom stereocenters. The summed E-state index contributed by atoms with van der Waals surface area (Å²) >= 11 is 0. The Balaban J connectivity index is 1.93. The summed E-state index contributed by atoms with van der Waals surface area (Å²) in [5.41, 5.74) is 0.261. The minimum absolute atomic E-state index is 0.0602. The van der Waals surface area contributed by atoms with E-state index in [9.17, 15) is 22.8 Å². The largest absolute Gasteiger partial charge is 0.409 e. The highest BCUT2D eigenvalue weighted by atomic mass is 19.4. The number of fused-ring (bicyclic) bond motifs is 1. The molecule has 3 atom stereocenters. The van der Waals surface area contributed by atoms with Crippen LogP contribution in [0.1, 0.15) is 20.3 Å². The summed E-state index contributed by atoms with van der Waals surface area (Å²) in [4.78, 5) is 27.4. The molecule has 0 saturated carbocycles. The van der Waals surface area contributed by atoms with Gasteiger partial charge in [0, 0.05) is 13.1 Å². The molecule has 1 fully saturated rings. The van der Waals surface area contributed by atoms with Crippen LogP contribution in [0.4, 0.5) is 24.5 Å². The molecule has 1 aromatic rings. The first-order valence-electron chi connectivity index (χ1n) is 8.80. The molecule has 2 aliphatic rings. The van der Waals surface area contributed by atoms with E-state index in [4.69, 9.17) is 4.74 Å². The molecular formula is C18H22F3N3O3. The van der Waals surface area contributed by atoms with Crippen LogP contribution in [-0.4, -0.2) is 60.8 Å². The number of ether oxygens (including phenoxy) is 1. The van der Waals surface area contributed by atoms with Crippen molar-refractivity contribution in [2.75, 3.05) is 29.9 Å². The number of nitrogens with zero attached hydrogens (tertiary/aromatic N) is 2. The van der Waals surface area contributed by atoms with Gasteiger partial charge in [-0.2, -0.15) is 13.2 Å². The number of amides is 2. The topological polar surface area (TPSA) is 61.9 Å². The molecule has 0 bridgehead atoms. The molecule has 2 aliphatic heterocycles. The highest BCUT2D eigenvalue weighted by Crippen LogP contribution is 2.37. The Labute approximate surface area is 155 Å². The Morgan fingerprint density at radius 2 is 1.85 bits per heavy atom. The van der Waals surface area contributed by atoms with Crippen molar-refractivity contribution < 1.29 is 27.5 Å². The van der Waals surface area contributed by atoms with Gasteiger partial charge in [-0.05, 0) is 26.0 Å². The standard InChI is InChI=1S/C18H22F3N3O3/c1-11-8-23(9-12(2)27-11)10-17(26)24-14-6-4-3-5-13(14)22-16(25)7-15(24)18(19,20)21/h3-6,11-12,15H,7-10H2,1-2H3,(H,22,25)/t11-,12-,15+/m1/s1. The second-order valence-electron chi connectivity index (χ2n) is 7.04. The van der Waals surface area contributed by atoms with Crippen molar-refractivity contribution in [3.8, 4) is 0 Å². The van der Waals surface area contributed by atoms with Crippen LogP contribution in [0, 0.1) is 0 Å². The smallest absolute Gasteiger partial charge is 0.373 e. The molecule has 1 aromatic carbocycles. The Hall–Kier alpha value is -2.13. The molecule has 9 heteroatoms. The number of anilines is 2. The molecule has 0 aliphatic carbocycles. The van der Waals surface area contributed by atoms with Crippen LogP contribution in [0.25, 0.3) is 0 Å². The lowest BCUT2D eigenvalue weighted by Crippen LogP contribution is -2.55. The molecule has 148 valence electrons. The summed E-state index contributed by atoms with van der Waals surface area (Å²) in [6, 6.07) is 3.85. The van der Waals surface area contributed by atoms with Crippen molar-refractivity contribution in [2.45, 2.75) is 44.7 Å². The number of benzene rings is 1. The maximum Gasteiger partial charge on any atom is 0.409 e. The summed E-state index contributed by atoms with van der Waals surface area (Å²) < 4.78 is 46.7. The first kappa shape index (κ1) is 19.6.